The molecule has 0 spiro atoms. The highest BCUT2D eigenvalue weighted by Crippen LogP contribution is 2.67. The summed E-state index contributed by atoms with van der Waals surface area (Å²) in [5.41, 5.74) is 0. The Labute approximate surface area is 121 Å². The lowest BCUT2D eigenvalue weighted by molar-refractivity contribution is -0.546. The van der Waals surface area contributed by atoms with E-state index in [1.165, 1.54) is 0 Å². The van der Waals surface area contributed by atoms with E-state index < -0.39 is 53.4 Å². The Kier molecular flexibility index (Phi) is 4.15. The van der Waals surface area contributed by atoms with Gasteiger partial charge in [-0.3, -0.25) is 0 Å². The summed E-state index contributed by atoms with van der Waals surface area (Å²) in [6.45, 7) is -3.74. The molecule has 1 aliphatic heterocycles. The molecule has 1 aliphatic rings. The topological polar surface area (TPSA) is 3.24 Å². The standard InChI is InChI=1S/C8H2F15N/c9-1-2(10,11)6(18,19)24-7(20,21)4(14,15)3(12,13)5(16,17)8(24,22)23/h1H2. The lowest BCUT2D eigenvalue weighted by atomic mass is 9.92. The molecule has 144 valence electrons. The van der Waals surface area contributed by atoms with Crippen LogP contribution in [0.5, 0.6) is 0 Å². The van der Waals surface area contributed by atoms with Crippen LogP contribution in [0.1, 0.15) is 0 Å². The Balaban J connectivity index is 3.84. The first-order valence-electron chi connectivity index (χ1n) is 5.19. The van der Waals surface area contributed by atoms with Crippen LogP contribution < -0.4 is 0 Å². The largest absolute Gasteiger partial charge is 0.393 e. The molecule has 1 fully saturated rings. The molecule has 1 rings (SSSR count). The van der Waals surface area contributed by atoms with Crippen LogP contribution in [0.3, 0.4) is 0 Å². The van der Waals surface area contributed by atoms with E-state index in [-0.39, 0.29) is 0 Å². The lowest BCUT2D eigenvalue weighted by Crippen LogP contribution is -2.85. The molecule has 0 N–H and O–H groups in total. The van der Waals surface area contributed by atoms with Gasteiger partial charge < -0.3 is 0 Å². The number of hydrogen-bond donors (Lipinski definition) is 0. The minimum Gasteiger partial charge on any atom is -0.244 e. The SMILES string of the molecule is FCC(F)(F)C(F)(F)N1C(F)(F)C(F)(F)C(F)(F)C(F)(F)C1(F)F. The molecule has 0 aliphatic carbocycles. The third-order valence-electron chi connectivity index (χ3n) is 2.99. The average Bonchev–Trinajstić information content (AvgIpc) is 2.35. The van der Waals surface area contributed by atoms with Crippen LogP contribution in [0.15, 0.2) is 0 Å². The first kappa shape index (κ1) is 21.0. The Morgan fingerprint density at radius 2 is 0.875 bits per heavy atom. The minimum atomic E-state index is -7.65. The fourth-order valence-electron chi connectivity index (χ4n) is 1.63. The predicted molar refractivity (Wildman–Crippen MR) is 42.4 cm³/mol. The zero-order valence-corrected chi connectivity index (χ0v) is 10.3. The van der Waals surface area contributed by atoms with Gasteiger partial charge in [0, 0.05) is 0 Å². The maximum absolute atomic E-state index is 13.1. The first-order valence-corrected chi connectivity index (χ1v) is 5.19. The van der Waals surface area contributed by atoms with E-state index in [4.69, 9.17) is 0 Å². The maximum Gasteiger partial charge on any atom is 0.393 e. The number of halogens is 15. The highest BCUT2D eigenvalue weighted by molar-refractivity contribution is 5.16. The first-order chi connectivity index (χ1) is 10.2. The van der Waals surface area contributed by atoms with E-state index in [0.29, 0.717) is 0 Å². The van der Waals surface area contributed by atoms with Crippen LogP contribution in [0.25, 0.3) is 0 Å². The molecule has 0 radical (unpaired) electrons. The van der Waals surface area contributed by atoms with Gasteiger partial charge in [-0.1, -0.05) is 0 Å². The maximum atomic E-state index is 13.1. The van der Waals surface area contributed by atoms with Crippen LogP contribution in [0.2, 0.25) is 0 Å². The van der Waals surface area contributed by atoms with Crippen molar-refractivity contribution in [3.05, 3.63) is 0 Å². The summed E-state index contributed by atoms with van der Waals surface area (Å²) in [7, 11) is 0. The predicted octanol–water partition coefficient (Wildman–Crippen LogP) is 4.59. The number of alkyl halides is 15. The molecule has 0 aromatic carbocycles. The van der Waals surface area contributed by atoms with E-state index in [1.54, 1.807) is 0 Å². The summed E-state index contributed by atoms with van der Waals surface area (Å²) < 4.78 is 192. The third-order valence-corrected chi connectivity index (χ3v) is 2.99. The Morgan fingerprint density at radius 3 is 1.12 bits per heavy atom. The van der Waals surface area contributed by atoms with E-state index in [9.17, 15) is 65.9 Å². The molecular formula is C8H2F15N. The average molecular weight is 397 g/mol. The Hall–Kier alpha value is -1.09. The molecule has 1 heterocycles. The number of piperidine rings is 1. The van der Waals surface area contributed by atoms with E-state index in [1.807, 2.05) is 0 Å². The molecule has 0 unspecified atom stereocenters. The van der Waals surface area contributed by atoms with Crippen molar-refractivity contribution >= 4 is 0 Å². The van der Waals surface area contributed by atoms with E-state index in [2.05, 4.69) is 0 Å². The quantitative estimate of drug-likeness (QED) is 0.498. The molecular weight excluding hydrogens is 395 g/mol. The van der Waals surface area contributed by atoms with Gasteiger partial charge in [-0.2, -0.15) is 61.5 Å². The normalized spacial score (nSPS) is 28.6. The molecule has 1 saturated heterocycles. The smallest absolute Gasteiger partial charge is 0.244 e. The number of likely N-dealkylation sites (tertiary alicyclic amines) is 1. The van der Waals surface area contributed by atoms with Crippen molar-refractivity contribution in [3.8, 4) is 0 Å². The summed E-state index contributed by atoms with van der Waals surface area (Å²) >= 11 is 0. The third kappa shape index (κ3) is 1.97. The second-order valence-corrected chi connectivity index (χ2v) is 4.52. The van der Waals surface area contributed by atoms with Gasteiger partial charge in [0.15, 0.2) is 6.67 Å². The molecule has 1 nitrogen and oxygen atoms in total. The molecule has 24 heavy (non-hydrogen) atoms. The number of rotatable bonds is 3. The Morgan fingerprint density at radius 1 is 0.583 bits per heavy atom. The number of nitrogens with zero attached hydrogens (tertiary/aromatic N) is 1. The summed E-state index contributed by atoms with van der Waals surface area (Å²) in [5, 5.41) is 0. The van der Waals surface area contributed by atoms with Gasteiger partial charge >= 0.3 is 41.8 Å². The second-order valence-electron chi connectivity index (χ2n) is 4.52. The van der Waals surface area contributed by atoms with Crippen molar-refractivity contribution in [1.29, 1.82) is 0 Å². The summed E-state index contributed by atoms with van der Waals surface area (Å²) in [6, 6.07) is -22.6. The fourth-order valence-corrected chi connectivity index (χ4v) is 1.63. The van der Waals surface area contributed by atoms with Gasteiger partial charge in [-0.05, 0) is 0 Å². The monoisotopic (exact) mass is 397 g/mol. The van der Waals surface area contributed by atoms with Crippen molar-refractivity contribution in [1.82, 2.24) is 4.90 Å². The fraction of sp³-hybridized carbons (Fsp3) is 1.00. The summed E-state index contributed by atoms with van der Waals surface area (Å²) in [5.74, 6) is -29.6. The van der Waals surface area contributed by atoms with E-state index in [0.717, 1.165) is 0 Å². The van der Waals surface area contributed by atoms with Gasteiger partial charge in [0.25, 0.3) is 0 Å². The van der Waals surface area contributed by atoms with E-state index >= 15 is 0 Å². The summed E-state index contributed by atoms with van der Waals surface area (Å²) in [6.07, 6.45) is 0. The second kappa shape index (κ2) is 4.75. The molecule has 0 bridgehead atoms. The van der Waals surface area contributed by atoms with Crippen molar-refractivity contribution in [2.45, 2.75) is 41.8 Å². The van der Waals surface area contributed by atoms with Crippen LogP contribution in [0, 0.1) is 0 Å². The van der Waals surface area contributed by atoms with Crippen molar-refractivity contribution < 1.29 is 65.9 Å². The lowest BCUT2D eigenvalue weighted by Gasteiger charge is -2.53. The minimum absolute atomic E-state index is 3.74. The molecule has 16 heteroatoms. The summed E-state index contributed by atoms with van der Waals surface area (Å²) in [4.78, 5) is -4.08. The van der Waals surface area contributed by atoms with Crippen LogP contribution in [-0.2, 0) is 0 Å². The van der Waals surface area contributed by atoms with Crippen LogP contribution in [-0.4, -0.2) is 53.4 Å². The Bertz CT molecular complexity index is 478. The van der Waals surface area contributed by atoms with Crippen LogP contribution >= 0.6 is 0 Å². The molecule has 0 saturated carbocycles. The van der Waals surface area contributed by atoms with Gasteiger partial charge in [-0.15, -0.1) is 4.90 Å². The van der Waals surface area contributed by atoms with Gasteiger partial charge in [0.2, 0.25) is 0 Å². The zero-order chi connectivity index (χ0) is 19.8. The highest BCUT2D eigenvalue weighted by atomic mass is 19.4. The van der Waals surface area contributed by atoms with Crippen molar-refractivity contribution in [3.63, 3.8) is 0 Å². The van der Waals surface area contributed by atoms with Crippen molar-refractivity contribution in [2.75, 3.05) is 6.67 Å². The van der Waals surface area contributed by atoms with Gasteiger partial charge in [0.1, 0.15) is 0 Å². The molecule has 0 aromatic heterocycles. The van der Waals surface area contributed by atoms with Gasteiger partial charge in [-0.25, -0.2) is 4.39 Å². The molecule has 0 aromatic rings. The molecule has 0 amide bonds. The molecule has 0 atom stereocenters. The highest BCUT2D eigenvalue weighted by Gasteiger charge is 2.98. The van der Waals surface area contributed by atoms with Crippen LogP contribution in [0.4, 0.5) is 65.9 Å². The number of hydrogen-bond acceptors (Lipinski definition) is 1. The zero-order valence-electron chi connectivity index (χ0n) is 10.3. The van der Waals surface area contributed by atoms with Crippen molar-refractivity contribution in [2.24, 2.45) is 0 Å². The van der Waals surface area contributed by atoms with Gasteiger partial charge in [0.05, 0.1) is 0 Å².